The van der Waals surface area contributed by atoms with E-state index in [1.54, 1.807) is 59.4 Å². The van der Waals surface area contributed by atoms with Crippen LogP contribution in [0.2, 0.25) is 0 Å². The number of hydrogen-bond acceptors (Lipinski definition) is 5. The van der Waals surface area contributed by atoms with E-state index in [4.69, 9.17) is 4.42 Å². The number of carboxylic acids is 1. The summed E-state index contributed by atoms with van der Waals surface area (Å²) >= 11 is 0. The quantitative estimate of drug-likeness (QED) is 0.881. The van der Waals surface area contributed by atoms with Crippen LogP contribution in [0.25, 0.3) is 0 Å². The van der Waals surface area contributed by atoms with Gasteiger partial charge in [-0.15, -0.1) is 0 Å². The van der Waals surface area contributed by atoms with Crippen molar-refractivity contribution < 1.29 is 19.1 Å². The summed E-state index contributed by atoms with van der Waals surface area (Å²) in [5.74, 6) is -0.367. The predicted molar refractivity (Wildman–Crippen MR) is 85.3 cm³/mol. The van der Waals surface area contributed by atoms with E-state index in [1.165, 1.54) is 0 Å². The number of hydrogen-bond donors (Lipinski definition) is 1. The second-order valence-electron chi connectivity index (χ2n) is 6.00. The summed E-state index contributed by atoms with van der Waals surface area (Å²) in [6.45, 7) is 0.348. The lowest BCUT2D eigenvalue weighted by Gasteiger charge is -2.30. The van der Waals surface area contributed by atoms with Gasteiger partial charge in [-0.1, -0.05) is 0 Å². The van der Waals surface area contributed by atoms with Crippen molar-refractivity contribution in [3.63, 3.8) is 0 Å². The zero-order chi connectivity index (χ0) is 17.3. The molecule has 0 bridgehead atoms. The molecule has 1 aliphatic rings. The lowest BCUT2D eigenvalue weighted by molar-refractivity contribution is -0.138. The normalized spacial score (nSPS) is 20.3. The first-order valence-electron chi connectivity index (χ1n) is 7.74. The highest BCUT2D eigenvalue weighted by molar-refractivity contribution is 5.90. The highest BCUT2D eigenvalue weighted by Gasteiger charge is 2.43. The van der Waals surface area contributed by atoms with Crippen LogP contribution in [0, 0.1) is 0 Å². The van der Waals surface area contributed by atoms with Gasteiger partial charge in [-0.3, -0.25) is 9.48 Å². The molecule has 2 aromatic rings. The van der Waals surface area contributed by atoms with Crippen molar-refractivity contribution in [3.8, 4) is 0 Å². The molecule has 128 valence electrons. The summed E-state index contributed by atoms with van der Waals surface area (Å²) in [6, 6.07) is 2.33. The van der Waals surface area contributed by atoms with Crippen LogP contribution < -0.4 is 4.90 Å². The number of carboxylic acid groups (broad SMARTS) is 1. The number of furan rings is 1. The first-order valence-corrected chi connectivity index (χ1v) is 7.74. The minimum Gasteiger partial charge on any atom is -0.480 e. The number of carbonyl (C=O) groups excluding carboxylic acids is 1. The Morgan fingerprint density at radius 2 is 2.17 bits per heavy atom. The van der Waals surface area contributed by atoms with Crippen LogP contribution >= 0.6 is 0 Å². The number of likely N-dealkylation sites (N-methyl/N-ethyl adjacent to an activating group) is 1. The number of aromatic nitrogens is 2. The summed E-state index contributed by atoms with van der Waals surface area (Å²) in [5, 5.41) is 13.6. The summed E-state index contributed by atoms with van der Waals surface area (Å²) in [4.78, 5) is 27.7. The summed E-state index contributed by atoms with van der Waals surface area (Å²) in [5.41, 5.74) is 0.646. The second-order valence-corrected chi connectivity index (χ2v) is 6.00. The van der Waals surface area contributed by atoms with Crippen LogP contribution in [0.15, 0.2) is 35.2 Å². The molecule has 1 amide bonds. The van der Waals surface area contributed by atoms with Gasteiger partial charge in [-0.25, -0.2) is 4.79 Å². The zero-order valence-corrected chi connectivity index (χ0v) is 13.6. The van der Waals surface area contributed by atoms with Gasteiger partial charge >= 0.3 is 5.97 Å². The SMILES string of the molecule is CN(Cc1ccco1)C(=O)C1CCC(C(=O)O)N1c1cnn(C)c1. The van der Waals surface area contributed by atoms with Gasteiger partial charge in [0.25, 0.3) is 0 Å². The monoisotopic (exact) mass is 332 g/mol. The Bertz CT molecular complexity index is 724. The predicted octanol–water partition coefficient (Wildman–Crippen LogP) is 1.09. The number of rotatable bonds is 5. The van der Waals surface area contributed by atoms with Crippen LogP contribution in [-0.4, -0.2) is 50.8 Å². The fraction of sp³-hybridized carbons (Fsp3) is 0.438. The van der Waals surface area contributed by atoms with Gasteiger partial charge in [-0.2, -0.15) is 5.10 Å². The average molecular weight is 332 g/mol. The fourth-order valence-electron chi connectivity index (χ4n) is 3.17. The van der Waals surface area contributed by atoms with Gasteiger partial charge in [0.05, 0.1) is 24.7 Å². The number of amides is 1. The van der Waals surface area contributed by atoms with E-state index in [2.05, 4.69) is 5.10 Å². The van der Waals surface area contributed by atoms with Crippen molar-refractivity contribution in [2.24, 2.45) is 7.05 Å². The van der Waals surface area contributed by atoms with Crippen LogP contribution in [0.4, 0.5) is 5.69 Å². The van der Waals surface area contributed by atoms with E-state index in [0.29, 0.717) is 30.8 Å². The molecule has 3 rings (SSSR count). The summed E-state index contributed by atoms with van der Waals surface area (Å²) in [6.07, 6.45) is 5.80. The van der Waals surface area contributed by atoms with Crippen LogP contribution in [0.5, 0.6) is 0 Å². The molecule has 0 radical (unpaired) electrons. The van der Waals surface area contributed by atoms with E-state index in [9.17, 15) is 14.7 Å². The van der Waals surface area contributed by atoms with Gasteiger partial charge in [-0.05, 0) is 25.0 Å². The van der Waals surface area contributed by atoms with E-state index < -0.39 is 18.1 Å². The first kappa shape index (κ1) is 16.1. The number of anilines is 1. The van der Waals surface area contributed by atoms with Crippen LogP contribution in [0.3, 0.4) is 0 Å². The van der Waals surface area contributed by atoms with Crippen molar-refractivity contribution >= 4 is 17.6 Å². The van der Waals surface area contributed by atoms with Gasteiger partial charge < -0.3 is 19.3 Å². The molecule has 1 N–H and O–H groups in total. The Balaban J connectivity index is 1.82. The van der Waals surface area contributed by atoms with Gasteiger partial charge in [0.2, 0.25) is 5.91 Å². The van der Waals surface area contributed by atoms with Crippen LogP contribution in [-0.2, 0) is 23.2 Å². The topological polar surface area (TPSA) is 91.8 Å². The molecule has 0 aliphatic carbocycles. The van der Waals surface area contributed by atoms with Gasteiger partial charge in [0, 0.05) is 20.3 Å². The highest BCUT2D eigenvalue weighted by atomic mass is 16.4. The molecule has 1 fully saturated rings. The Morgan fingerprint density at radius 1 is 1.42 bits per heavy atom. The Hall–Kier alpha value is -2.77. The number of aliphatic carboxylic acids is 1. The first-order chi connectivity index (χ1) is 11.5. The fourth-order valence-corrected chi connectivity index (χ4v) is 3.17. The van der Waals surface area contributed by atoms with Crippen molar-refractivity contribution in [1.82, 2.24) is 14.7 Å². The Kier molecular flexibility index (Phi) is 4.28. The molecule has 2 unspecified atom stereocenters. The zero-order valence-electron chi connectivity index (χ0n) is 13.6. The molecular weight excluding hydrogens is 312 g/mol. The molecular formula is C16H20N4O4. The molecule has 3 heterocycles. The smallest absolute Gasteiger partial charge is 0.326 e. The maximum absolute atomic E-state index is 12.9. The molecule has 1 saturated heterocycles. The average Bonchev–Trinajstić information content (AvgIpc) is 3.25. The number of nitrogens with zero attached hydrogens (tertiary/aromatic N) is 4. The summed E-state index contributed by atoms with van der Waals surface area (Å²) < 4.78 is 6.87. The van der Waals surface area contributed by atoms with Crippen LogP contribution in [0.1, 0.15) is 18.6 Å². The third-order valence-corrected chi connectivity index (χ3v) is 4.29. The van der Waals surface area contributed by atoms with E-state index >= 15 is 0 Å². The molecule has 1 aliphatic heterocycles. The molecule has 0 aromatic carbocycles. The van der Waals surface area contributed by atoms with Crippen molar-refractivity contribution in [1.29, 1.82) is 0 Å². The van der Waals surface area contributed by atoms with Gasteiger partial charge in [0.15, 0.2) is 0 Å². The highest BCUT2D eigenvalue weighted by Crippen LogP contribution is 2.31. The third-order valence-electron chi connectivity index (χ3n) is 4.29. The number of aryl methyl sites for hydroxylation is 1. The molecule has 2 atom stereocenters. The lowest BCUT2D eigenvalue weighted by atomic mass is 10.2. The van der Waals surface area contributed by atoms with Crippen molar-refractivity contribution in [2.75, 3.05) is 11.9 Å². The largest absolute Gasteiger partial charge is 0.480 e. The minimum atomic E-state index is -0.928. The molecule has 8 nitrogen and oxygen atoms in total. The Labute approximate surface area is 139 Å². The molecule has 2 aromatic heterocycles. The van der Waals surface area contributed by atoms with Crippen molar-refractivity contribution in [3.05, 3.63) is 36.5 Å². The maximum Gasteiger partial charge on any atom is 0.326 e. The molecule has 24 heavy (non-hydrogen) atoms. The summed E-state index contributed by atoms with van der Waals surface area (Å²) in [7, 11) is 3.45. The molecule has 8 heteroatoms. The van der Waals surface area contributed by atoms with E-state index in [1.807, 2.05) is 0 Å². The minimum absolute atomic E-state index is 0.126. The second kappa shape index (κ2) is 6.38. The lowest BCUT2D eigenvalue weighted by Crippen LogP contribution is -2.48. The standard InChI is InChI=1S/C16H20N4O4/c1-18(10-12-4-3-7-24-12)15(21)13-5-6-14(16(22)23)20(13)11-8-17-19(2)9-11/h3-4,7-9,13-14H,5-6,10H2,1-2H3,(H,22,23). The van der Waals surface area contributed by atoms with Crippen molar-refractivity contribution in [2.45, 2.75) is 31.5 Å². The van der Waals surface area contributed by atoms with E-state index in [-0.39, 0.29) is 5.91 Å². The van der Waals surface area contributed by atoms with E-state index in [0.717, 1.165) is 0 Å². The molecule has 0 spiro atoms. The molecule has 0 saturated carbocycles. The Morgan fingerprint density at radius 3 is 2.75 bits per heavy atom. The maximum atomic E-state index is 12.9. The van der Waals surface area contributed by atoms with Gasteiger partial charge in [0.1, 0.15) is 17.8 Å². The number of carbonyl (C=O) groups is 2. The third kappa shape index (κ3) is 2.99.